The van der Waals surface area contributed by atoms with E-state index < -0.39 is 11.8 Å². The Morgan fingerprint density at radius 1 is 0.373 bits per heavy atom. The Labute approximate surface area is 468 Å². The molecule has 3 unspecified atom stereocenters. The monoisotopic (exact) mass is 1070 g/mol. The standard InChI is InChI=1S/3C8H17N.C7H14FN.C7H15NO.C7H15N.C6H12FN.2C6H13N/c2*1-7(2)9-5-8(3,4)6-9;1-7(2)9-5-4-8(3)6-9;1-6(2)9-4-7(3,8)5-9;1-7(2)8-3-5-9-6-4-8;1-7(2)8-5-3-4-6-8;1-5(2)8-3-6(7)4-8;1-5(2)7-4-6(7)3;1-6(2)7-4-3-5-7/h2*7H,5-6H2,1-4H3;7-8H,4-6H2,1-3H3;6H,4-5H2,1-3H3;7H,3-6H2,1-2H3;7H,3-6H2,1-2H3;5-6H,3-4H2,1-2H3;5-6H,4H2,1-3H3;6H,3-5H2,1-2H3. The van der Waals surface area contributed by atoms with Crippen LogP contribution in [0, 0.1) is 16.7 Å². The fraction of sp³-hybridized carbons (Fsp3) is 1.00. The highest BCUT2D eigenvalue weighted by Crippen LogP contribution is 2.31. The molecule has 3 atom stereocenters. The van der Waals surface area contributed by atoms with Gasteiger partial charge in [0.15, 0.2) is 0 Å². The van der Waals surface area contributed by atoms with E-state index in [-0.39, 0.29) is 0 Å². The van der Waals surface area contributed by atoms with E-state index in [4.69, 9.17) is 4.74 Å². The van der Waals surface area contributed by atoms with Gasteiger partial charge >= 0.3 is 0 Å². The highest BCUT2D eigenvalue weighted by atomic mass is 19.1. The summed E-state index contributed by atoms with van der Waals surface area (Å²) >= 11 is 0. The van der Waals surface area contributed by atoms with Gasteiger partial charge in [-0.2, -0.15) is 0 Å². The summed E-state index contributed by atoms with van der Waals surface area (Å²) in [6.07, 6.45) is 5.10. The summed E-state index contributed by atoms with van der Waals surface area (Å²) in [6.45, 7) is 76.5. The lowest BCUT2D eigenvalue weighted by Gasteiger charge is -2.48. The fourth-order valence-corrected chi connectivity index (χ4v) is 10.5. The Balaban J connectivity index is 0.000000422. The van der Waals surface area contributed by atoms with Gasteiger partial charge in [0.2, 0.25) is 0 Å². The van der Waals surface area contributed by atoms with Crippen LogP contribution in [0.3, 0.4) is 0 Å². The minimum absolute atomic E-state index is 0.508. The van der Waals surface area contributed by atoms with Crippen molar-refractivity contribution >= 4 is 0 Å². The summed E-state index contributed by atoms with van der Waals surface area (Å²) in [4.78, 5) is 21.7. The van der Waals surface area contributed by atoms with E-state index in [0.717, 1.165) is 74.5 Å². The van der Waals surface area contributed by atoms with Crippen molar-refractivity contribution in [1.29, 1.82) is 0 Å². The predicted octanol–water partition coefficient (Wildman–Crippen LogP) is 12.1. The van der Waals surface area contributed by atoms with Crippen LogP contribution in [0.2, 0.25) is 0 Å². The molecule has 0 saturated carbocycles. The first-order valence-corrected chi connectivity index (χ1v) is 31.2. The number of hydrogen-bond donors (Lipinski definition) is 0. The molecule has 9 saturated heterocycles. The van der Waals surface area contributed by atoms with Crippen LogP contribution >= 0.6 is 0 Å². The lowest BCUT2D eigenvalue weighted by atomic mass is 9.83. The number of morpholine rings is 1. The van der Waals surface area contributed by atoms with Crippen molar-refractivity contribution in [2.45, 2.75) is 271 Å². The van der Waals surface area contributed by atoms with Gasteiger partial charge in [0.1, 0.15) is 11.8 Å². The molecule has 9 aliphatic rings. The first-order chi connectivity index (χ1) is 34.6. The molecule has 9 heterocycles. The van der Waals surface area contributed by atoms with Gasteiger partial charge in [0.05, 0.1) is 13.2 Å². The minimum atomic E-state index is -0.899. The molecular formula is C63H133F2N9O. The van der Waals surface area contributed by atoms with Crippen LogP contribution in [0.5, 0.6) is 0 Å². The van der Waals surface area contributed by atoms with Crippen LogP contribution < -0.4 is 0 Å². The number of alkyl halides is 2. The number of ether oxygens (including phenoxy) is 1. The smallest absolute Gasteiger partial charge is 0.133 e. The quantitative estimate of drug-likeness (QED) is 0.209. The zero-order valence-electron chi connectivity index (χ0n) is 54.9. The van der Waals surface area contributed by atoms with Crippen molar-refractivity contribution in [2.75, 3.05) is 124 Å². The zero-order valence-corrected chi connectivity index (χ0v) is 54.9. The van der Waals surface area contributed by atoms with E-state index in [0.29, 0.717) is 55.1 Å². The molecule has 75 heavy (non-hydrogen) atoms. The van der Waals surface area contributed by atoms with Gasteiger partial charge in [-0.25, -0.2) is 8.78 Å². The van der Waals surface area contributed by atoms with Crippen molar-refractivity contribution in [3.63, 3.8) is 0 Å². The molecule has 0 bridgehead atoms. The van der Waals surface area contributed by atoms with Crippen LogP contribution in [-0.4, -0.2) is 241 Å². The average molecular weight is 1070 g/mol. The van der Waals surface area contributed by atoms with E-state index in [1.54, 1.807) is 6.92 Å². The van der Waals surface area contributed by atoms with Crippen molar-refractivity contribution in [2.24, 2.45) is 16.7 Å². The van der Waals surface area contributed by atoms with E-state index in [1.807, 2.05) is 0 Å². The maximum atomic E-state index is 12.8. The zero-order chi connectivity index (χ0) is 57.6. The second kappa shape index (κ2) is 35.3. The molecular weight excluding hydrogens is 937 g/mol. The molecule has 0 aromatic heterocycles. The van der Waals surface area contributed by atoms with Gasteiger partial charge in [0, 0.05) is 139 Å². The van der Waals surface area contributed by atoms with Gasteiger partial charge in [-0.05, 0) is 214 Å². The number of rotatable bonds is 9. The van der Waals surface area contributed by atoms with E-state index in [1.165, 1.54) is 97.7 Å². The van der Waals surface area contributed by atoms with Crippen LogP contribution in [0.1, 0.15) is 199 Å². The minimum Gasteiger partial charge on any atom is -0.379 e. The molecule has 9 fully saturated rings. The van der Waals surface area contributed by atoms with E-state index in [9.17, 15) is 8.78 Å². The third-order valence-corrected chi connectivity index (χ3v) is 16.4. The second-order valence-electron chi connectivity index (χ2n) is 28.6. The molecule has 0 radical (unpaired) electrons. The Morgan fingerprint density at radius 3 is 0.827 bits per heavy atom. The highest BCUT2D eigenvalue weighted by Gasteiger charge is 2.40. The fourth-order valence-electron chi connectivity index (χ4n) is 10.5. The van der Waals surface area contributed by atoms with Crippen LogP contribution in [0.15, 0.2) is 0 Å². The number of nitrogens with zero attached hydrogens (tertiary/aromatic N) is 9. The Kier molecular flexibility index (Phi) is 34.2. The molecule has 0 amide bonds. The molecule has 0 spiro atoms. The summed E-state index contributed by atoms with van der Waals surface area (Å²) in [5, 5.41) is 0. The normalized spacial score (nSPS) is 26.6. The lowest BCUT2D eigenvalue weighted by molar-refractivity contribution is -0.0359. The van der Waals surface area contributed by atoms with Gasteiger partial charge in [-0.1, -0.05) is 34.6 Å². The summed E-state index contributed by atoms with van der Waals surface area (Å²) in [5.74, 6) is 0.937. The first kappa shape index (κ1) is 72.5. The van der Waals surface area contributed by atoms with Gasteiger partial charge in [-0.3, -0.25) is 29.4 Å². The van der Waals surface area contributed by atoms with Gasteiger partial charge in [0.25, 0.3) is 0 Å². The summed E-state index contributed by atoms with van der Waals surface area (Å²) < 4.78 is 30.1. The van der Waals surface area contributed by atoms with E-state index in [2.05, 4.69) is 210 Å². The van der Waals surface area contributed by atoms with Crippen molar-refractivity contribution < 1.29 is 13.5 Å². The van der Waals surface area contributed by atoms with Gasteiger partial charge < -0.3 is 19.4 Å². The Hall–Kier alpha value is -0.540. The topological polar surface area (TPSA) is 38.2 Å². The van der Waals surface area contributed by atoms with Crippen molar-refractivity contribution in [1.82, 2.24) is 44.1 Å². The second-order valence-corrected chi connectivity index (χ2v) is 28.6. The summed E-state index contributed by atoms with van der Waals surface area (Å²) in [6, 6.07) is 7.19. The summed E-state index contributed by atoms with van der Waals surface area (Å²) in [7, 11) is 0. The third kappa shape index (κ3) is 31.3. The Morgan fingerprint density at radius 2 is 0.693 bits per heavy atom. The molecule has 0 aromatic rings. The lowest BCUT2D eigenvalue weighted by Crippen LogP contribution is -2.59. The molecule has 9 aliphatic heterocycles. The largest absolute Gasteiger partial charge is 0.379 e. The molecule has 12 heteroatoms. The van der Waals surface area contributed by atoms with Gasteiger partial charge in [-0.15, -0.1) is 0 Å². The number of hydrogen-bond acceptors (Lipinski definition) is 10. The molecule has 0 N–H and O–H groups in total. The van der Waals surface area contributed by atoms with Crippen molar-refractivity contribution in [3.8, 4) is 0 Å². The average Bonchev–Trinajstić information content (AvgIpc) is 3.55. The molecule has 10 nitrogen and oxygen atoms in total. The van der Waals surface area contributed by atoms with Crippen LogP contribution in [0.25, 0.3) is 0 Å². The maximum Gasteiger partial charge on any atom is 0.133 e. The van der Waals surface area contributed by atoms with E-state index >= 15 is 0 Å². The molecule has 0 aromatic carbocycles. The van der Waals surface area contributed by atoms with Crippen molar-refractivity contribution in [3.05, 3.63) is 0 Å². The van der Waals surface area contributed by atoms with Crippen LogP contribution in [0.4, 0.5) is 8.78 Å². The first-order valence-electron chi connectivity index (χ1n) is 31.2. The molecule has 450 valence electrons. The SMILES string of the molecule is CC(C)N1CC(C)(C)C1.CC(C)N1CC(C)(C)C1.CC(C)N1CC(C)(F)C1.CC(C)N1CC(F)C1.CC(C)N1CC1C.CC(C)N1CCC1.CC(C)N1CCCC1.CC(C)N1CCOCC1.CC1CCN(C(C)C)C1. The number of halogens is 2. The Bertz CT molecular complexity index is 1310. The van der Waals surface area contributed by atoms with Crippen LogP contribution in [-0.2, 0) is 4.74 Å². The maximum absolute atomic E-state index is 12.8. The summed E-state index contributed by atoms with van der Waals surface area (Å²) in [5.41, 5.74) is 0.304. The molecule has 9 rings (SSSR count). The molecule has 0 aliphatic carbocycles. The third-order valence-electron chi connectivity index (χ3n) is 16.4. The highest BCUT2D eigenvalue weighted by molar-refractivity contribution is 4.93. The predicted molar refractivity (Wildman–Crippen MR) is 325 cm³/mol. The number of likely N-dealkylation sites (tertiary alicyclic amines) is 7.